The smallest absolute Gasteiger partial charge is 0.255 e. The van der Waals surface area contributed by atoms with Gasteiger partial charge in [0.2, 0.25) is 0 Å². The molecule has 0 fully saturated rings. The highest BCUT2D eigenvalue weighted by molar-refractivity contribution is 6.30. The lowest BCUT2D eigenvalue weighted by atomic mass is 10.1. The minimum atomic E-state index is -1.17. The summed E-state index contributed by atoms with van der Waals surface area (Å²) >= 11 is 5.35. The predicted octanol–water partition coefficient (Wildman–Crippen LogP) is 2.65. The highest BCUT2D eigenvalue weighted by Crippen LogP contribution is 2.19. The lowest BCUT2D eigenvalue weighted by Gasteiger charge is -2.17. The van der Waals surface area contributed by atoms with Crippen LogP contribution in [-0.2, 0) is 0 Å². The second-order valence-electron chi connectivity index (χ2n) is 3.94. The summed E-state index contributed by atoms with van der Waals surface area (Å²) in [5, 5.41) is 10.6. The Hall–Kier alpha value is -1.67. The number of halogens is 3. The molecule has 17 heavy (non-hydrogen) atoms. The SMILES string of the molecule is CC(C)(C#N)NC(=O)c1cc(F)c(Cl)cc1F. The summed E-state index contributed by atoms with van der Waals surface area (Å²) in [7, 11) is 0. The Morgan fingerprint density at radius 3 is 2.53 bits per heavy atom. The van der Waals surface area contributed by atoms with Crippen LogP contribution >= 0.6 is 11.6 Å². The van der Waals surface area contributed by atoms with Crippen LogP contribution in [0.5, 0.6) is 0 Å². The molecule has 1 aromatic rings. The molecule has 0 aliphatic heterocycles. The van der Waals surface area contributed by atoms with Crippen molar-refractivity contribution >= 4 is 17.5 Å². The van der Waals surface area contributed by atoms with Crippen LogP contribution in [0, 0.1) is 23.0 Å². The van der Waals surface area contributed by atoms with Crippen molar-refractivity contribution in [2.75, 3.05) is 0 Å². The molecule has 90 valence electrons. The zero-order chi connectivity index (χ0) is 13.2. The van der Waals surface area contributed by atoms with Crippen molar-refractivity contribution in [1.82, 2.24) is 5.32 Å². The fraction of sp³-hybridized carbons (Fsp3) is 0.273. The Balaban J connectivity index is 3.07. The molecule has 0 aliphatic rings. The van der Waals surface area contributed by atoms with Crippen molar-refractivity contribution in [2.24, 2.45) is 0 Å². The number of nitrogens with one attached hydrogen (secondary N) is 1. The third kappa shape index (κ3) is 3.14. The van der Waals surface area contributed by atoms with Gasteiger partial charge in [0.15, 0.2) is 0 Å². The van der Waals surface area contributed by atoms with Gasteiger partial charge in [0, 0.05) is 0 Å². The van der Waals surface area contributed by atoms with Crippen molar-refractivity contribution in [3.63, 3.8) is 0 Å². The van der Waals surface area contributed by atoms with Gasteiger partial charge in [0.25, 0.3) is 5.91 Å². The van der Waals surface area contributed by atoms with Gasteiger partial charge in [-0.2, -0.15) is 5.26 Å². The van der Waals surface area contributed by atoms with Crippen LogP contribution in [0.15, 0.2) is 12.1 Å². The Morgan fingerprint density at radius 2 is 2.00 bits per heavy atom. The van der Waals surface area contributed by atoms with E-state index in [0.29, 0.717) is 12.1 Å². The summed E-state index contributed by atoms with van der Waals surface area (Å²) in [4.78, 5) is 11.6. The first-order valence-corrected chi connectivity index (χ1v) is 5.03. The number of hydrogen-bond donors (Lipinski definition) is 1. The molecule has 0 saturated heterocycles. The van der Waals surface area contributed by atoms with Gasteiger partial charge in [0.1, 0.15) is 17.2 Å². The lowest BCUT2D eigenvalue weighted by Crippen LogP contribution is -2.42. The predicted molar refractivity (Wildman–Crippen MR) is 58.5 cm³/mol. The van der Waals surface area contributed by atoms with Gasteiger partial charge < -0.3 is 5.32 Å². The van der Waals surface area contributed by atoms with E-state index < -0.39 is 33.7 Å². The van der Waals surface area contributed by atoms with Crippen LogP contribution < -0.4 is 5.32 Å². The molecule has 0 radical (unpaired) electrons. The van der Waals surface area contributed by atoms with E-state index in [1.165, 1.54) is 13.8 Å². The topological polar surface area (TPSA) is 52.9 Å². The van der Waals surface area contributed by atoms with Gasteiger partial charge in [-0.1, -0.05) is 11.6 Å². The van der Waals surface area contributed by atoms with Gasteiger partial charge in [-0.25, -0.2) is 8.78 Å². The molecule has 1 aromatic carbocycles. The van der Waals surface area contributed by atoms with Gasteiger partial charge in [-0.05, 0) is 26.0 Å². The standard InChI is InChI=1S/C11H9ClF2N2O/c1-11(2,5-15)16-10(17)6-3-9(14)7(12)4-8(6)13/h3-4H,1-2H3,(H,16,17). The molecule has 6 heteroatoms. The van der Waals surface area contributed by atoms with E-state index in [2.05, 4.69) is 5.32 Å². The van der Waals surface area contributed by atoms with E-state index in [1.807, 2.05) is 6.07 Å². The van der Waals surface area contributed by atoms with E-state index in [1.54, 1.807) is 0 Å². The molecule has 0 atom stereocenters. The average molecular weight is 259 g/mol. The first-order chi connectivity index (χ1) is 7.76. The van der Waals surface area contributed by atoms with Gasteiger partial charge >= 0.3 is 0 Å². The number of benzene rings is 1. The molecule has 1 N–H and O–H groups in total. The largest absolute Gasteiger partial charge is 0.334 e. The Morgan fingerprint density at radius 1 is 1.41 bits per heavy atom. The summed E-state index contributed by atoms with van der Waals surface area (Å²) < 4.78 is 26.5. The molecule has 3 nitrogen and oxygen atoms in total. The highest BCUT2D eigenvalue weighted by atomic mass is 35.5. The normalized spacial score (nSPS) is 10.8. The van der Waals surface area contributed by atoms with Crippen molar-refractivity contribution in [3.8, 4) is 6.07 Å². The molecule has 0 bridgehead atoms. The average Bonchev–Trinajstić information content (AvgIpc) is 2.22. The fourth-order valence-corrected chi connectivity index (χ4v) is 1.23. The van der Waals surface area contributed by atoms with Gasteiger partial charge in [-0.15, -0.1) is 0 Å². The highest BCUT2D eigenvalue weighted by Gasteiger charge is 2.23. The Bertz CT molecular complexity index is 509. The maximum atomic E-state index is 13.4. The Labute approximate surface area is 102 Å². The monoisotopic (exact) mass is 258 g/mol. The van der Waals surface area contributed by atoms with E-state index in [9.17, 15) is 13.6 Å². The molecular weight excluding hydrogens is 250 g/mol. The number of nitriles is 1. The molecule has 0 saturated carbocycles. The fourth-order valence-electron chi connectivity index (χ4n) is 1.08. The zero-order valence-electron chi connectivity index (χ0n) is 9.14. The van der Waals surface area contributed by atoms with E-state index in [4.69, 9.17) is 16.9 Å². The van der Waals surface area contributed by atoms with E-state index in [0.717, 1.165) is 0 Å². The maximum absolute atomic E-state index is 13.4. The van der Waals surface area contributed by atoms with Crippen LogP contribution in [0.3, 0.4) is 0 Å². The molecule has 0 aliphatic carbocycles. The molecule has 1 rings (SSSR count). The third-order valence-electron chi connectivity index (χ3n) is 1.96. The van der Waals surface area contributed by atoms with Crippen LogP contribution in [0.2, 0.25) is 5.02 Å². The summed E-state index contributed by atoms with van der Waals surface area (Å²) in [6, 6.07) is 3.22. The minimum Gasteiger partial charge on any atom is -0.334 e. The number of hydrogen-bond acceptors (Lipinski definition) is 2. The molecule has 0 heterocycles. The summed E-state index contributed by atoms with van der Waals surface area (Å²) in [5.74, 6) is -2.71. The molecule has 0 unspecified atom stereocenters. The van der Waals surface area contributed by atoms with E-state index >= 15 is 0 Å². The first kappa shape index (κ1) is 13.4. The van der Waals surface area contributed by atoms with Crippen LogP contribution in [-0.4, -0.2) is 11.4 Å². The third-order valence-corrected chi connectivity index (χ3v) is 2.25. The quantitative estimate of drug-likeness (QED) is 0.829. The summed E-state index contributed by atoms with van der Waals surface area (Å²) in [5.41, 5.74) is -1.66. The van der Waals surface area contributed by atoms with Crippen LogP contribution in [0.1, 0.15) is 24.2 Å². The number of carbonyl (C=O) groups excluding carboxylic acids is 1. The maximum Gasteiger partial charge on any atom is 0.255 e. The van der Waals surface area contributed by atoms with Gasteiger partial charge in [-0.3, -0.25) is 4.79 Å². The second-order valence-corrected chi connectivity index (χ2v) is 4.34. The lowest BCUT2D eigenvalue weighted by molar-refractivity contribution is 0.0924. The van der Waals surface area contributed by atoms with Crippen molar-refractivity contribution in [2.45, 2.75) is 19.4 Å². The number of carbonyl (C=O) groups is 1. The van der Waals surface area contributed by atoms with Crippen LogP contribution in [0.4, 0.5) is 8.78 Å². The second kappa shape index (κ2) is 4.68. The van der Waals surface area contributed by atoms with Crippen molar-refractivity contribution < 1.29 is 13.6 Å². The Kier molecular flexibility index (Phi) is 3.69. The van der Waals surface area contributed by atoms with Gasteiger partial charge in [0.05, 0.1) is 16.7 Å². The molecule has 1 amide bonds. The minimum absolute atomic E-state index is 0.404. The number of amides is 1. The van der Waals surface area contributed by atoms with Crippen molar-refractivity contribution in [3.05, 3.63) is 34.4 Å². The molecular formula is C11H9ClF2N2O. The first-order valence-electron chi connectivity index (χ1n) is 4.65. The number of rotatable bonds is 2. The molecule has 0 aromatic heterocycles. The molecule has 0 spiro atoms. The van der Waals surface area contributed by atoms with E-state index in [-0.39, 0.29) is 0 Å². The van der Waals surface area contributed by atoms with Crippen LogP contribution in [0.25, 0.3) is 0 Å². The zero-order valence-corrected chi connectivity index (χ0v) is 9.90. The number of nitrogens with zero attached hydrogens (tertiary/aromatic N) is 1. The van der Waals surface area contributed by atoms with Crippen molar-refractivity contribution in [1.29, 1.82) is 5.26 Å². The summed E-state index contributed by atoms with van der Waals surface area (Å²) in [6.45, 7) is 2.88. The summed E-state index contributed by atoms with van der Waals surface area (Å²) in [6.07, 6.45) is 0.